The lowest BCUT2D eigenvalue weighted by molar-refractivity contribution is -0.303. The molecule has 1 fully saturated rings. The quantitative estimate of drug-likeness (QED) is 0.122. The van der Waals surface area contributed by atoms with Crippen LogP contribution in [-0.4, -0.2) is 96.3 Å². The van der Waals surface area contributed by atoms with Crippen LogP contribution < -0.4 is 0 Å². The van der Waals surface area contributed by atoms with Gasteiger partial charge in [0.05, 0.1) is 19.8 Å². The number of aliphatic hydroxyl groups excluding tert-OH is 1. The second-order valence-corrected chi connectivity index (χ2v) is 24.1. The maximum Gasteiger partial charge on any atom is 0.303 e. The van der Waals surface area contributed by atoms with Gasteiger partial charge in [-0.15, -0.1) is 0 Å². The molecule has 1 rings (SSSR count). The third-order valence-electron chi connectivity index (χ3n) is 8.49. The van der Waals surface area contributed by atoms with Gasteiger partial charge in [-0.05, 0) is 60.1 Å². The predicted molar refractivity (Wildman–Crippen MR) is 183 cm³/mol. The molecule has 1 N–H and O–H groups in total. The Kier molecular flexibility index (Phi) is 16.6. The van der Waals surface area contributed by atoms with Crippen molar-refractivity contribution in [3.8, 4) is 23.7 Å². The summed E-state index contributed by atoms with van der Waals surface area (Å²) in [5, 5.41) is 8.49. The number of allylic oxidation sites excluding steroid dienone is 1. The SMILES string of the molecule is CC(=O)O[C@H]1[C@H](OCC[C@H](C#CC#C/C=C/CO)OC(C)=O)O[C@H](CO[Si](C)(C)C(C)(C)C)[C@@H](OC(C)=O)[C@@H]1O[Si](C)(C)C(C)(C)C. The van der Waals surface area contributed by atoms with Gasteiger partial charge in [-0.1, -0.05) is 53.5 Å². The van der Waals surface area contributed by atoms with E-state index in [1.807, 2.05) is 0 Å². The van der Waals surface area contributed by atoms with Crippen LogP contribution in [0.25, 0.3) is 0 Å². The average Bonchev–Trinajstić information content (AvgIpc) is 2.90. The summed E-state index contributed by atoms with van der Waals surface area (Å²) in [7, 11) is -4.83. The lowest BCUT2D eigenvalue weighted by Crippen LogP contribution is -2.65. The van der Waals surface area contributed by atoms with Crippen molar-refractivity contribution in [2.45, 2.75) is 142 Å². The fourth-order valence-corrected chi connectivity index (χ4v) is 6.23. The molecular formula is C34H56O11Si2. The molecule has 1 saturated heterocycles. The van der Waals surface area contributed by atoms with E-state index in [4.69, 9.17) is 37.6 Å². The number of rotatable bonds is 13. The van der Waals surface area contributed by atoms with E-state index in [1.54, 1.807) is 0 Å². The number of esters is 3. The number of hydrogen-bond donors (Lipinski definition) is 1. The van der Waals surface area contributed by atoms with Crippen molar-refractivity contribution in [2.24, 2.45) is 0 Å². The van der Waals surface area contributed by atoms with Crippen molar-refractivity contribution in [3.05, 3.63) is 12.2 Å². The van der Waals surface area contributed by atoms with E-state index in [1.165, 1.54) is 32.9 Å². The Labute approximate surface area is 283 Å². The van der Waals surface area contributed by atoms with Gasteiger partial charge >= 0.3 is 17.9 Å². The first-order valence-electron chi connectivity index (χ1n) is 15.9. The van der Waals surface area contributed by atoms with Gasteiger partial charge in [0.15, 0.2) is 41.2 Å². The zero-order valence-corrected chi connectivity index (χ0v) is 32.5. The molecule has 1 heterocycles. The highest BCUT2D eigenvalue weighted by molar-refractivity contribution is 6.74. The van der Waals surface area contributed by atoms with Crippen LogP contribution in [0.5, 0.6) is 0 Å². The molecule has 11 nitrogen and oxygen atoms in total. The Morgan fingerprint density at radius 2 is 1.43 bits per heavy atom. The molecule has 0 unspecified atom stereocenters. The minimum atomic E-state index is -2.55. The van der Waals surface area contributed by atoms with E-state index in [9.17, 15) is 14.4 Å². The predicted octanol–water partition coefficient (Wildman–Crippen LogP) is 4.88. The summed E-state index contributed by atoms with van der Waals surface area (Å²) in [6.07, 6.45) is -2.70. The third-order valence-corrected chi connectivity index (χ3v) is 17.5. The van der Waals surface area contributed by atoms with Crippen molar-refractivity contribution >= 4 is 34.5 Å². The Morgan fingerprint density at radius 1 is 0.851 bits per heavy atom. The lowest BCUT2D eigenvalue weighted by atomic mass is 9.98. The molecule has 47 heavy (non-hydrogen) atoms. The summed E-state index contributed by atoms with van der Waals surface area (Å²) in [4.78, 5) is 36.7. The van der Waals surface area contributed by atoms with Gasteiger partial charge in [0.1, 0.15) is 12.2 Å². The van der Waals surface area contributed by atoms with Crippen LogP contribution in [-0.2, 0) is 46.9 Å². The molecule has 266 valence electrons. The topological polar surface area (TPSA) is 136 Å². The monoisotopic (exact) mass is 696 g/mol. The van der Waals surface area contributed by atoms with E-state index in [-0.39, 0.29) is 36.3 Å². The van der Waals surface area contributed by atoms with Crippen LogP contribution in [0.1, 0.15) is 68.7 Å². The summed E-state index contributed by atoms with van der Waals surface area (Å²) < 4.78 is 43.0. The summed E-state index contributed by atoms with van der Waals surface area (Å²) in [6, 6.07) is 0. The zero-order chi connectivity index (χ0) is 36.2. The van der Waals surface area contributed by atoms with Crippen LogP contribution in [0, 0.1) is 23.7 Å². The first kappa shape index (κ1) is 42.5. The van der Waals surface area contributed by atoms with Gasteiger partial charge in [0, 0.05) is 27.2 Å². The minimum absolute atomic E-state index is 0.00619. The van der Waals surface area contributed by atoms with Crippen LogP contribution in [0.4, 0.5) is 0 Å². The largest absolute Gasteiger partial charge is 0.457 e. The lowest BCUT2D eigenvalue weighted by Gasteiger charge is -2.49. The van der Waals surface area contributed by atoms with Crippen molar-refractivity contribution in [1.29, 1.82) is 0 Å². The van der Waals surface area contributed by atoms with Gasteiger partial charge in [-0.2, -0.15) is 0 Å². The highest BCUT2D eigenvalue weighted by Gasteiger charge is 2.55. The standard InChI is InChI=1S/C34H56O11Si2/c1-24(36)41-27(19-17-15-14-16-18-21-35)20-22-39-32-31(43-26(3)38)30(45-47(12,13)34(7,8)9)29(42-25(2)37)28(44-32)23-40-46(10,11)33(4,5)6/h16,18,27-32,35H,20-23H2,1-13H3/b18-16+/t27-,28+,29+,30-,31+,32+/m0/s1. The Morgan fingerprint density at radius 3 is 1.94 bits per heavy atom. The first-order chi connectivity index (χ1) is 21.5. The van der Waals surface area contributed by atoms with E-state index < -0.39 is 71.4 Å². The maximum atomic E-state index is 12.5. The summed E-state index contributed by atoms with van der Waals surface area (Å²) in [5.41, 5.74) is 0. The fourth-order valence-electron chi connectivity index (χ4n) is 3.91. The molecule has 1 aliphatic rings. The number of ether oxygens (including phenoxy) is 5. The van der Waals surface area contributed by atoms with E-state index in [0.29, 0.717) is 0 Å². The van der Waals surface area contributed by atoms with Crippen molar-refractivity contribution < 1.29 is 52.0 Å². The maximum absolute atomic E-state index is 12.5. The number of carbonyl (C=O) groups is 3. The van der Waals surface area contributed by atoms with Crippen molar-refractivity contribution in [1.82, 2.24) is 0 Å². The molecule has 0 aromatic carbocycles. The molecule has 0 bridgehead atoms. The third kappa shape index (κ3) is 14.3. The second-order valence-electron chi connectivity index (χ2n) is 14.5. The van der Waals surface area contributed by atoms with Crippen molar-refractivity contribution in [2.75, 3.05) is 19.8 Å². The van der Waals surface area contributed by atoms with Crippen LogP contribution in [0.3, 0.4) is 0 Å². The summed E-state index contributed by atoms with van der Waals surface area (Å²) >= 11 is 0. The molecular weight excluding hydrogens is 641 g/mol. The van der Waals surface area contributed by atoms with Gasteiger partial charge in [0.2, 0.25) is 0 Å². The fraction of sp³-hybridized carbons (Fsp3) is 0.735. The molecule has 0 saturated carbocycles. The van der Waals surface area contributed by atoms with Crippen LogP contribution in [0.2, 0.25) is 36.3 Å². The number of carbonyl (C=O) groups excluding carboxylic acids is 3. The molecule has 0 spiro atoms. The van der Waals surface area contributed by atoms with Crippen molar-refractivity contribution in [3.63, 3.8) is 0 Å². The molecule has 0 aromatic heterocycles. The van der Waals surface area contributed by atoms with Gasteiger partial charge in [-0.25, -0.2) is 0 Å². The number of hydrogen-bond acceptors (Lipinski definition) is 11. The molecule has 0 aliphatic carbocycles. The van der Waals surface area contributed by atoms with E-state index in [0.717, 1.165) is 0 Å². The Hall–Kier alpha value is -2.50. The Bertz CT molecular complexity index is 1210. The average molecular weight is 697 g/mol. The normalized spacial score (nSPS) is 22.7. The summed E-state index contributed by atoms with van der Waals surface area (Å²) in [6.45, 7) is 24.7. The van der Waals surface area contributed by atoms with Crippen LogP contribution in [0.15, 0.2) is 12.2 Å². The highest BCUT2D eigenvalue weighted by atomic mass is 28.4. The first-order valence-corrected chi connectivity index (χ1v) is 21.7. The Balaban J connectivity index is 3.54. The van der Waals surface area contributed by atoms with Gasteiger partial charge in [0.25, 0.3) is 0 Å². The van der Waals surface area contributed by atoms with Gasteiger partial charge < -0.3 is 37.6 Å². The molecule has 0 aromatic rings. The van der Waals surface area contributed by atoms with E-state index >= 15 is 0 Å². The minimum Gasteiger partial charge on any atom is -0.457 e. The van der Waals surface area contributed by atoms with Gasteiger partial charge in [-0.3, -0.25) is 14.4 Å². The van der Waals surface area contributed by atoms with Crippen LogP contribution >= 0.6 is 0 Å². The summed E-state index contributed by atoms with van der Waals surface area (Å²) in [5.74, 6) is 9.03. The number of aliphatic hydroxyl groups is 1. The second kappa shape index (κ2) is 18.3. The smallest absolute Gasteiger partial charge is 0.303 e. The zero-order valence-electron chi connectivity index (χ0n) is 30.5. The molecule has 1 aliphatic heterocycles. The van der Waals surface area contributed by atoms with E-state index in [2.05, 4.69) is 91.4 Å². The molecule has 0 radical (unpaired) electrons. The highest BCUT2D eigenvalue weighted by Crippen LogP contribution is 2.41. The molecule has 13 heteroatoms. The molecule has 0 amide bonds. The molecule has 6 atom stereocenters.